The minimum absolute atomic E-state index is 0.139. The number of rotatable bonds is 6. The molecule has 32 heavy (non-hydrogen) atoms. The zero-order chi connectivity index (χ0) is 22.1. The van der Waals surface area contributed by atoms with Crippen LogP contribution < -0.4 is 4.74 Å². The predicted molar refractivity (Wildman–Crippen MR) is 126 cm³/mol. The Balaban J connectivity index is 1.34. The fraction of sp³-hybridized carbons (Fsp3) is 0.680. The van der Waals surface area contributed by atoms with Crippen LogP contribution in [0.15, 0.2) is 12.3 Å². The van der Waals surface area contributed by atoms with E-state index in [1.165, 1.54) is 36.8 Å². The van der Waals surface area contributed by atoms with Crippen molar-refractivity contribution >= 4 is 27.5 Å². The van der Waals surface area contributed by atoms with Crippen molar-refractivity contribution in [2.75, 3.05) is 33.4 Å². The Bertz CT molecular complexity index is 960. The fourth-order valence-electron chi connectivity index (χ4n) is 6.07. The summed E-state index contributed by atoms with van der Waals surface area (Å²) < 4.78 is 17.2. The highest BCUT2D eigenvalue weighted by atomic mass is 32.1. The lowest BCUT2D eigenvalue weighted by Crippen LogP contribution is -2.55. The molecule has 0 bridgehead atoms. The topological polar surface area (TPSA) is 60.9 Å². The Kier molecular flexibility index (Phi) is 6.41. The van der Waals surface area contributed by atoms with E-state index in [4.69, 9.17) is 14.2 Å². The van der Waals surface area contributed by atoms with E-state index in [2.05, 4.69) is 16.8 Å². The van der Waals surface area contributed by atoms with Gasteiger partial charge >= 0.3 is 5.97 Å². The molecule has 7 heteroatoms. The number of methoxy groups -OCH3 is 1. The summed E-state index contributed by atoms with van der Waals surface area (Å²) in [5, 5.41) is 1.14. The van der Waals surface area contributed by atoms with Crippen molar-refractivity contribution in [3.8, 4) is 5.75 Å². The second-order valence-corrected chi connectivity index (χ2v) is 10.5. The van der Waals surface area contributed by atoms with Crippen molar-refractivity contribution in [1.82, 2.24) is 9.88 Å². The molecule has 3 heterocycles. The van der Waals surface area contributed by atoms with Gasteiger partial charge in [-0.2, -0.15) is 0 Å². The highest BCUT2D eigenvalue weighted by Gasteiger charge is 2.40. The molecule has 6 nitrogen and oxygen atoms in total. The molecule has 2 aliphatic carbocycles. The maximum atomic E-state index is 12.0. The monoisotopic (exact) mass is 458 g/mol. The number of morpholine rings is 1. The lowest BCUT2D eigenvalue weighted by Gasteiger charge is -2.49. The van der Waals surface area contributed by atoms with E-state index in [-0.39, 0.29) is 18.0 Å². The third-order valence-electron chi connectivity index (χ3n) is 7.93. The number of aryl methyl sites for hydroxylation is 1. The largest absolute Gasteiger partial charge is 0.490 e. The lowest BCUT2D eigenvalue weighted by atomic mass is 9.77. The van der Waals surface area contributed by atoms with Crippen molar-refractivity contribution in [2.24, 2.45) is 0 Å². The molecule has 0 aromatic carbocycles. The molecule has 1 aliphatic heterocycles. The molecule has 174 valence electrons. The number of hydrogen-bond donors (Lipinski definition) is 0. The third-order valence-corrected chi connectivity index (χ3v) is 9.11. The molecule has 0 amide bonds. The molecule has 0 spiro atoms. The fourth-order valence-corrected chi connectivity index (χ4v) is 7.33. The summed E-state index contributed by atoms with van der Waals surface area (Å²) in [6, 6.07) is 2.02. The van der Waals surface area contributed by atoms with Gasteiger partial charge in [-0.15, -0.1) is 11.3 Å². The standard InChI is InChI=1S/C25H34N2O4S/c1-3-25(27-12-14-30-15-13-27)9-6-18(7-10-25)31-19-8-11-26-24-23(19)22-17(16-21(28)29-2)4-5-20(22)32-24/h8,11,17-18H,3-7,9-10,12-16H2,1-2H3/t17-,18?,25?/m1/s1. The van der Waals surface area contributed by atoms with Crippen LogP contribution in [0.5, 0.6) is 5.75 Å². The highest BCUT2D eigenvalue weighted by Crippen LogP contribution is 2.48. The van der Waals surface area contributed by atoms with E-state index in [0.717, 1.165) is 68.0 Å². The van der Waals surface area contributed by atoms with Gasteiger partial charge in [0.1, 0.15) is 10.6 Å². The molecular weight excluding hydrogens is 424 g/mol. The average Bonchev–Trinajstić information content (AvgIpc) is 3.40. The van der Waals surface area contributed by atoms with E-state index in [1.54, 1.807) is 11.3 Å². The van der Waals surface area contributed by atoms with Gasteiger partial charge in [0.15, 0.2) is 0 Å². The summed E-state index contributed by atoms with van der Waals surface area (Å²) in [4.78, 5) is 21.7. The minimum atomic E-state index is -0.139. The summed E-state index contributed by atoms with van der Waals surface area (Å²) in [6.45, 7) is 6.14. The average molecular weight is 459 g/mol. The van der Waals surface area contributed by atoms with Crippen molar-refractivity contribution in [3.05, 3.63) is 22.7 Å². The van der Waals surface area contributed by atoms with Crippen LogP contribution in [0.2, 0.25) is 0 Å². The van der Waals surface area contributed by atoms with Crippen LogP contribution in [0.25, 0.3) is 10.2 Å². The smallest absolute Gasteiger partial charge is 0.306 e. The first-order valence-corrected chi connectivity index (χ1v) is 12.9. The summed E-state index contributed by atoms with van der Waals surface area (Å²) in [6.07, 6.45) is 10.2. The van der Waals surface area contributed by atoms with E-state index < -0.39 is 0 Å². The summed E-state index contributed by atoms with van der Waals surface area (Å²) in [7, 11) is 1.47. The van der Waals surface area contributed by atoms with Crippen molar-refractivity contribution in [3.63, 3.8) is 0 Å². The van der Waals surface area contributed by atoms with E-state index in [9.17, 15) is 4.79 Å². The molecule has 1 atom stereocenters. The number of fused-ring (bicyclic) bond motifs is 3. The van der Waals surface area contributed by atoms with Gasteiger partial charge in [0.2, 0.25) is 0 Å². The highest BCUT2D eigenvalue weighted by molar-refractivity contribution is 7.19. The molecule has 1 saturated carbocycles. The first-order valence-electron chi connectivity index (χ1n) is 12.1. The number of pyridine rings is 1. The van der Waals surface area contributed by atoms with Gasteiger partial charge in [-0.3, -0.25) is 9.69 Å². The molecule has 2 aromatic rings. The van der Waals surface area contributed by atoms with Crippen LogP contribution in [-0.2, 0) is 20.7 Å². The van der Waals surface area contributed by atoms with Gasteiger partial charge < -0.3 is 14.2 Å². The second-order valence-electron chi connectivity index (χ2n) is 9.44. The molecule has 1 saturated heterocycles. The molecule has 0 N–H and O–H groups in total. The Morgan fingerprint density at radius 1 is 1.28 bits per heavy atom. The molecule has 2 fully saturated rings. The van der Waals surface area contributed by atoms with Gasteiger partial charge in [0, 0.05) is 29.7 Å². The zero-order valence-corrected chi connectivity index (χ0v) is 20.0. The number of hydrogen-bond acceptors (Lipinski definition) is 7. The quantitative estimate of drug-likeness (QED) is 0.585. The number of carbonyl (C=O) groups excluding carboxylic acids is 1. The van der Waals surface area contributed by atoms with Crippen molar-refractivity contribution in [2.45, 2.75) is 75.9 Å². The Morgan fingerprint density at radius 3 is 2.78 bits per heavy atom. The van der Waals surface area contributed by atoms with Crippen LogP contribution in [0.1, 0.15) is 68.2 Å². The van der Waals surface area contributed by atoms with E-state index >= 15 is 0 Å². The van der Waals surface area contributed by atoms with Crippen LogP contribution in [-0.4, -0.2) is 60.9 Å². The SMILES string of the molecule is CCC1(N2CCOCC2)CCC(Oc2ccnc3sc4c(c23)[C@@H](CC(=O)OC)CC4)CC1. The molecular formula is C25H34N2O4S. The Labute approximate surface area is 194 Å². The lowest BCUT2D eigenvalue weighted by molar-refractivity contribution is -0.141. The molecule has 0 radical (unpaired) electrons. The van der Waals surface area contributed by atoms with Crippen molar-refractivity contribution in [1.29, 1.82) is 0 Å². The first kappa shape index (κ1) is 22.1. The molecule has 3 aliphatic rings. The summed E-state index contributed by atoms with van der Waals surface area (Å²) in [5.41, 5.74) is 1.58. The van der Waals surface area contributed by atoms with Crippen LogP contribution >= 0.6 is 11.3 Å². The van der Waals surface area contributed by atoms with Crippen LogP contribution in [0.3, 0.4) is 0 Å². The Hall–Kier alpha value is -1.70. The Morgan fingerprint density at radius 2 is 2.06 bits per heavy atom. The number of ether oxygens (including phenoxy) is 3. The number of carbonyl (C=O) groups is 1. The van der Waals surface area contributed by atoms with Gasteiger partial charge in [-0.1, -0.05) is 6.92 Å². The number of aromatic nitrogens is 1. The normalized spacial score (nSPS) is 28.6. The zero-order valence-electron chi connectivity index (χ0n) is 19.2. The second kappa shape index (κ2) is 9.27. The first-order chi connectivity index (χ1) is 15.6. The maximum absolute atomic E-state index is 12.0. The number of thiophene rings is 1. The van der Waals surface area contributed by atoms with Crippen LogP contribution in [0.4, 0.5) is 0 Å². The van der Waals surface area contributed by atoms with E-state index in [0.29, 0.717) is 12.0 Å². The third kappa shape index (κ3) is 4.03. The number of nitrogens with zero attached hydrogens (tertiary/aromatic N) is 2. The molecule has 2 aromatic heterocycles. The number of esters is 1. The maximum Gasteiger partial charge on any atom is 0.306 e. The van der Waals surface area contributed by atoms with Gasteiger partial charge in [-0.25, -0.2) is 4.98 Å². The predicted octanol–water partition coefficient (Wildman–Crippen LogP) is 4.69. The van der Waals surface area contributed by atoms with E-state index in [1.807, 2.05) is 12.3 Å². The molecule has 5 rings (SSSR count). The summed E-state index contributed by atoms with van der Waals surface area (Å²) >= 11 is 1.76. The van der Waals surface area contributed by atoms with Gasteiger partial charge in [0.25, 0.3) is 0 Å². The van der Waals surface area contributed by atoms with Gasteiger partial charge in [-0.05, 0) is 62.5 Å². The van der Waals surface area contributed by atoms with Crippen molar-refractivity contribution < 1.29 is 19.0 Å². The summed E-state index contributed by atoms with van der Waals surface area (Å²) in [5.74, 6) is 1.02. The molecule has 0 unspecified atom stereocenters. The van der Waals surface area contributed by atoms with Gasteiger partial charge in [0.05, 0.1) is 38.2 Å². The minimum Gasteiger partial charge on any atom is -0.490 e. The van der Waals surface area contributed by atoms with Crippen LogP contribution in [0, 0.1) is 0 Å².